The molecule has 5 unspecified atom stereocenters. The van der Waals surface area contributed by atoms with E-state index in [1.165, 1.54) is 12.2 Å². The van der Waals surface area contributed by atoms with Crippen molar-refractivity contribution in [1.82, 2.24) is 5.43 Å². The number of ether oxygens (including phenoxy) is 2. The van der Waals surface area contributed by atoms with Crippen molar-refractivity contribution in [3.8, 4) is 0 Å². The van der Waals surface area contributed by atoms with E-state index in [-0.39, 0.29) is 17.7 Å². The van der Waals surface area contributed by atoms with Crippen LogP contribution in [0, 0.1) is 11.8 Å². The molecular weight excluding hydrogens is 260 g/mol. The van der Waals surface area contributed by atoms with Gasteiger partial charge in [0.2, 0.25) is 0 Å². The molecule has 5 heteroatoms. The molecule has 0 aliphatic carbocycles. The highest BCUT2D eigenvalue weighted by atomic mass is 32.2. The summed E-state index contributed by atoms with van der Waals surface area (Å²) in [6, 6.07) is 0.281. The Balaban J connectivity index is 1.68. The van der Waals surface area contributed by atoms with Gasteiger partial charge in [-0.15, -0.1) is 0 Å². The van der Waals surface area contributed by atoms with E-state index in [9.17, 15) is 0 Å². The highest BCUT2D eigenvalue weighted by molar-refractivity contribution is 7.99. The van der Waals surface area contributed by atoms with Crippen LogP contribution in [0.4, 0.5) is 0 Å². The Kier molecular flexibility index (Phi) is 4.39. The van der Waals surface area contributed by atoms with Crippen LogP contribution in [-0.4, -0.2) is 42.5 Å². The minimum absolute atomic E-state index is 0.129. The van der Waals surface area contributed by atoms with Crippen LogP contribution in [0.2, 0.25) is 0 Å². The van der Waals surface area contributed by atoms with Crippen LogP contribution < -0.4 is 11.3 Å². The third-order valence-corrected chi connectivity index (χ3v) is 6.32. The molecule has 19 heavy (non-hydrogen) atoms. The normalized spacial score (nSPS) is 44.8. The van der Waals surface area contributed by atoms with Gasteiger partial charge in [0, 0.05) is 19.0 Å². The van der Waals surface area contributed by atoms with Crippen molar-refractivity contribution < 1.29 is 9.47 Å². The second kappa shape index (κ2) is 5.90. The monoisotopic (exact) mass is 286 g/mol. The summed E-state index contributed by atoms with van der Waals surface area (Å²) < 4.78 is 12.0. The van der Waals surface area contributed by atoms with E-state index in [0.29, 0.717) is 11.8 Å². The van der Waals surface area contributed by atoms with Crippen molar-refractivity contribution in [2.24, 2.45) is 17.7 Å². The third kappa shape index (κ3) is 2.81. The van der Waals surface area contributed by atoms with Gasteiger partial charge in [-0.25, -0.2) is 0 Å². The second-order valence-corrected chi connectivity index (χ2v) is 7.49. The number of nitrogens with one attached hydrogen (secondary N) is 1. The number of thioether (sulfide) groups is 1. The fourth-order valence-corrected chi connectivity index (χ4v) is 5.29. The van der Waals surface area contributed by atoms with E-state index in [2.05, 4.69) is 12.3 Å². The lowest BCUT2D eigenvalue weighted by Gasteiger charge is -2.42. The predicted octanol–water partition coefficient (Wildman–Crippen LogP) is 1.55. The Labute approximate surface area is 120 Å². The molecule has 3 aliphatic rings. The van der Waals surface area contributed by atoms with Crippen molar-refractivity contribution in [2.75, 3.05) is 24.7 Å². The fourth-order valence-electron chi connectivity index (χ4n) is 3.91. The first-order chi connectivity index (χ1) is 9.24. The van der Waals surface area contributed by atoms with Gasteiger partial charge in [0.25, 0.3) is 0 Å². The average Bonchev–Trinajstić information content (AvgIpc) is 3.02. The van der Waals surface area contributed by atoms with Crippen molar-refractivity contribution in [3.05, 3.63) is 0 Å². The Morgan fingerprint density at radius 3 is 2.89 bits per heavy atom. The van der Waals surface area contributed by atoms with Crippen molar-refractivity contribution in [1.29, 1.82) is 0 Å². The molecule has 0 bridgehead atoms. The van der Waals surface area contributed by atoms with Crippen molar-refractivity contribution in [2.45, 2.75) is 50.4 Å². The van der Waals surface area contributed by atoms with Gasteiger partial charge in [-0.1, -0.05) is 6.92 Å². The topological polar surface area (TPSA) is 56.5 Å². The largest absolute Gasteiger partial charge is 0.376 e. The molecule has 0 aromatic rings. The molecule has 0 aromatic carbocycles. The van der Waals surface area contributed by atoms with Gasteiger partial charge in [-0.3, -0.25) is 11.3 Å². The number of rotatable bonds is 3. The summed E-state index contributed by atoms with van der Waals surface area (Å²) in [6.07, 6.45) is 4.88. The summed E-state index contributed by atoms with van der Waals surface area (Å²) in [4.78, 5) is 0. The Morgan fingerprint density at radius 2 is 2.26 bits per heavy atom. The third-order valence-electron chi connectivity index (χ3n) is 5.10. The van der Waals surface area contributed by atoms with Gasteiger partial charge in [0.1, 0.15) is 0 Å². The van der Waals surface area contributed by atoms with Crippen molar-refractivity contribution >= 4 is 11.8 Å². The molecule has 110 valence electrons. The number of hydrazine groups is 1. The van der Waals surface area contributed by atoms with Crippen LogP contribution in [0.15, 0.2) is 0 Å². The molecule has 3 heterocycles. The first-order valence-electron chi connectivity index (χ1n) is 7.53. The molecule has 3 fully saturated rings. The minimum atomic E-state index is 0.129. The van der Waals surface area contributed by atoms with E-state index >= 15 is 0 Å². The smallest absolute Gasteiger partial charge is 0.0783 e. The predicted molar refractivity (Wildman–Crippen MR) is 78.0 cm³/mol. The number of hydrogen-bond donors (Lipinski definition) is 2. The summed E-state index contributed by atoms with van der Waals surface area (Å²) in [6.45, 7) is 4.04. The van der Waals surface area contributed by atoms with Crippen LogP contribution in [0.5, 0.6) is 0 Å². The van der Waals surface area contributed by atoms with Gasteiger partial charge in [0.05, 0.1) is 17.7 Å². The molecule has 5 atom stereocenters. The van der Waals surface area contributed by atoms with E-state index in [0.717, 1.165) is 38.2 Å². The van der Waals surface area contributed by atoms with Gasteiger partial charge >= 0.3 is 0 Å². The zero-order valence-electron chi connectivity index (χ0n) is 11.8. The van der Waals surface area contributed by atoms with E-state index in [1.54, 1.807) is 0 Å². The molecule has 3 N–H and O–H groups in total. The van der Waals surface area contributed by atoms with Crippen LogP contribution in [0.3, 0.4) is 0 Å². The molecule has 0 amide bonds. The van der Waals surface area contributed by atoms with Crippen LogP contribution in [0.1, 0.15) is 32.6 Å². The summed E-state index contributed by atoms with van der Waals surface area (Å²) in [7, 11) is 0. The summed E-state index contributed by atoms with van der Waals surface area (Å²) >= 11 is 2.03. The SMILES string of the molecule is CC1CCOC1C(NN)C1CCOC2(CCSC2)C1. The number of hydrogen-bond acceptors (Lipinski definition) is 5. The van der Waals surface area contributed by atoms with Gasteiger partial charge in [-0.2, -0.15) is 11.8 Å². The lowest BCUT2D eigenvalue weighted by molar-refractivity contribution is -0.0957. The molecule has 3 rings (SSSR count). The molecule has 0 saturated carbocycles. The standard InChI is InChI=1S/C14H26N2O2S/c1-10-2-5-17-13(10)12(16-15)11-3-6-18-14(8-11)4-7-19-9-14/h10-13,16H,2-9,15H2,1H3. The summed E-state index contributed by atoms with van der Waals surface area (Å²) in [5.41, 5.74) is 3.19. The lowest BCUT2D eigenvalue weighted by atomic mass is 9.78. The van der Waals surface area contributed by atoms with E-state index in [4.69, 9.17) is 15.3 Å². The van der Waals surface area contributed by atoms with E-state index in [1.807, 2.05) is 11.8 Å². The lowest BCUT2D eigenvalue weighted by Crippen LogP contribution is -2.54. The highest BCUT2D eigenvalue weighted by Crippen LogP contribution is 2.42. The van der Waals surface area contributed by atoms with E-state index < -0.39 is 0 Å². The molecule has 0 aromatic heterocycles. The quantitative estimate of drug-likeness (QED) is 0.609. The molecular formula is C14H26N2O2S. The Hall–Kier alpha value is 0.190. The number of nitrogens with two attached hydrogens (primary N) is 1. The summed E-state index contributed by atoms with van der Waals surface area (Å²) in [5.74, 6) is 9.45. The first kappa shape index (κ1) is 14.1. The van der Waals surface area contributed by atoms with Crippen molar-refractivity contribution in [3.63, 3.8) is 0 Å². The van der Waals surface area contributed by atoms with Gasteiger partial charge < -0.3 is 9.47 Å². The molecule has 3 aliphatic heterocycles. The Bertz CT molecular complexity index is 310. The molecule has 1 spiro atoms. The van der Waals surface area contributed by atoms with Crippen LogP contribution >= 0.6 is 11.8 Å². The zero-order chi connectivity index (χ0) is 13.3. The van der Waals surface area contributed by atoms with Gasteiger partial charge in [0.15, 0.2) is 0 Å². The van der Waals surface area contributed by atoms with Crippen LogP contribution in [-0.2, 0) is 9.47 Å². The second-order valence-electron chi connectivity index (χ2n) is 6.38. The first-order valence-corrected chi connectivity index (χ1v) is 8.69. The highest BCUT2D eigenvalue weighted by Gasteiger charge is 2.45. The molecule has 0 radical (unpaired) electrons. The average molecular weight is 286 g/mol. The van der Waals surface area contributed by atoms with Gasteiger partial charge in [-0.05, 0) is 43.3 Å². The minimum Gasteiger partial charge on any atom is -0.376 e. The maximum Gasteiger partial charge on any atom is 0.0783 e. The summed E-state index contributed by atoms with van der Waals surface area (Å²) in [5, 5.41) is 0. The maximum absolute atomic E-state index is 6.11. The molecule has 4 nitrogen and oxygen atoms in total. The fraction of sp³-hybridized carbons (Fsp3) is 1.00. The Morgan fingerprint density at radius 1 is 1.37 bits per heavy atom. The molecule has 3 saturated heterocycles. The van der Waals surface area contributed by atoms with Crippen LogP contribution in [0.25, 0.3) is 0 Å². The zero-order valence-corrected chi connectivity index (χ0v) is 12.6. The maximum atomic E-state index is 6.11.